The molecule has 1 unspecified atom stereocenters. The van der Waals surface area contributed by atoms with Crippen molar-refractivity contribution in [1.29, 1.82) is 0 Å². The van der Waals surface area contributed by atoms with E-state index in [-0.39, 0.29) is 0 Å². The number of nitrogens with zero attached hydrogens (tertiary/aromatic N) is 2. The van der Waals surface area contributed by atoms with Crippen molar-refractivity contribution in [2.24, 2.45) is 11.8 Å². The van der Waals surface area contributed by atoms with Gasteiger partial charge in [-0.2, -0.15) is 0 Å². The van der Waals surface area contributed by atoms with Crippen molar-refractivity contribution >= 4 is 5.82 Å². The Balaban J connectivity index is 2.65. The molecule has 5 heteroatoms. The van der Waals surface area contributed by atoms with Crippen LogP contribution in [0.25, 0.3) is 0 Å². The summed E-state index contributed by atoms with van der Waals surface area (Å²) in [5.74, 6) is 7.34. The predicted molar refractivity (Wildman–Crippen MR) is 78.0 cm³/mol. The van der Waals surface area contributed by atoms with E-state index < -0.39 is 0 Å². The van der Waals surface area contributed by atoms with E-state index in [1.54, 1.807) is 0 Å². The van der Waals surface area contributed by atoms with Gasteiger partial charge in [-0.15, -0.1) is 0 Å². The number of aromatic nitrogens is 2. The molecule has 1 rings (SSSR count). The van der Waals surface area contributed by atoms with E-state index in [1.165, 1.54) is 25.6 Å². The van der Waals surface area contributed by atoms with Crippen LogP contribution in [0.4, 0.5) is 5.82 Å². The third-order valence-electron chi connectivity index (χ3n) is 3.40. The number of nitrogens with one attached hydrogen (secondary N) is 1. The molecule has 0 aliphatic rings. The van der Waals surface area contributed by atoms with E-state index in [1.807, 2.05) is 6.92 Å². The molecule has 0 spiro atoms. The molecule has 19 heavy (non-hydrogen) atoms. The Morgan fingerprint density at radius 3 is 2.68 bits per heavy atom. The van der Waals surface area contributed by atoms with E-state index in [0.29, 0.717) is 24.2 Å². The summed E-state index contributed by atoms with van der Waals surface area (Å²) in [6.07, 6.45) is 7.10. The van der Waals surface area contributed by atoms with Crippen LogP contribution in [0.5, 0.6) is 5.88 Å². The number of hydrogen-bond acceptors (Lipinski definition) is 5. The Kier molecular flexibility index (Phi) is 7.18. The summed E-state index contributed by atoms with van der Waals surface area (Å²) in [6, 6.07) is 0. The van der Waals surface area contributed by atoms with E-state index in [4.69, 9.17) is 10.6 Å². The lowest BCUT2D eigenvalue weighted by atomic mass is 10.0. The molecule has 0 bridgehead atoms. The summed E-state index contributed by atoms with van der Waals surface area (Å²) in [5.41, 5.74) is 3.53. The van der Waals surface area contributed by atoms with Gasteiger partial charge >= 0.3 is 0 Å². The zero-order valence-corrected chi connectivity index (χ0v) is 12.3. The highest BCUT2D eigenvalue weighted by molar-refractivity contribution is 5.47. The van der Waals surface area contributed by atoms with Crippen LogP contribution in [0.3, 0.4) is 0 Å². The second-order valence-corrected chi connectivity index (χ2v) is 4.73. The zero-order valence-electron chi connectivity index (χ0n) is 12.3. The largest absolute Gasteiger partial charge is 0.477 e. The van der Waals surface area contributed by atoms with Crippen molar-refractivity contribution in [3.05, 3.63) is 11.9 Å². The molecule has 0 saturated heterocycles. The monoisotopic (exact) mass is 266 g/mol. The van der Waals surface area contributed by atoms with Gasteiger partial charge < -0.3 is 10.2 Å². The highest BCUT2D eigenvalue weighted by Crippen LogP contribution is 2.23. The molecule has 1 aromatic heterocycles. The second-order valence-electron chi connectivity index (χ2n) is 4.73. The van der Waals surface area contributed by atoms with Crippen molar-refractivity contribution in [1.82, 2.24) is 9.97 Å². The first-order valence-corrected chi connectivity index (χ1v) is 7.19. The fraction of sp³-hybridized carbons (Fsp3) is 0.714. The molecule has 5 nitrogen and oxygen atoms in total. The number of rotatable bonds is 9. The maximum atomic E-state index is 5.87. The Bertz CT molecular complexity index is 370. The molecular weight excluding hydrogens is 240 g/mol. The van der Waals surface area contributed by atoms with Gasteiger partial charge in [0.2, 0.25) is 5.88 Å². The van der Waals surface area contributed by atoms with Crippen LogP contribution < -0.4 is 16.0 Å². The smallest absolute Gasteiger partial charge is 0.221 e. The maximum Gasteiger partial charge on any atom is 0.221 e. The lowest BCUT2D eigenvalue weighted by Gasteiger charge is -2.17. The van der Waals surface area contributed by atoms with Crippen molar-refractivity contribution in [3.63, 3.8) is 0 Å². The Morgan fingerprint density at radius 1 is 1.32 bits per heavy atom. The highest BCUT2D eigenvalue weighted by atomic mass is 16.5. The minimum Gasteiger partial charge on any atom is -0.477 e. The SMILES string of the molecule is CCCCC(CC)COc1ncnc(NN)c1CC. The molecular formula is C14H26N4O. The molecule has 108 valence electrons. The predicted octanol–water partition coefficient (Wildman–Crippen LogP) is 2.92. The standard InChI is InChI=1S/C14H26N4O/c1-4-7-8-11(5-2)9-19-14-12(6-3)13(18-15)16-10-17-14/h10-11H,4-9,15H2,1-3H3,(H,16,17,18). The first kappa shape index (κ1) is 15.7. The summed E-state index contributed by atoms with van der Waals surface area (Å²) in [7, 11) is 0. The molecule has 0 radical (unpaired) electrons. The quantitative estimate of drug-likeness (QED) is 0.531. The summed E-state index contributed by atoms with van der Waals surface area (Å²) in [6.45, 7) is 7.18. The van der Waals surface area contributed by atoms with Crippen molar-refractivity contribution in [2.75, 3.05) is 12.0 Å². The molecule has 0 aliphatic heterocycles. The fourth-order valence-electron chi connectivity index (χ4n) is 2.06. The number of nitrogens with two attached hydrogens (primary N) is 1. The van der Waals surface area contributed by atoms with Gasteiger partial charge in [-0.3, -0.25) is 0 Å². The van der Waals surface area contributed by atoms with Gasteiger partial charge in [-0.05, 0) is 18.8 Å². The van der Waals surface area contributed by atoms with Crippen LogP contribution in [-0.4, -0.2) is 16.6 Å². The fourth-order valence-corrected chi connectivity index (χ4v) is 2.06. The molecule has 0 amide bonds. The number of anilines is 1. The molecule has 0 fully saturated rings. The van der Waals surface area contributed by atoms with E-state index in [0.717, 1.165) is 18.4 Å². The third-order valence-corrected chi connectivity index (χ3v) is 3.40. The first-order chi connectivity index (χ1) is 9.26. The molecule has 3 N–H and O–H groups in total. The second kappa shape index (κ2) is 8.69. The van der Waals surface area contributed by atoms with E-state index in [2.05, 4.69) is 29.2 Å². The van der Waals surface area contributed by atoms with E-state index in [9.17, 15) is 0 Å². The Labute approximate surface area is 115 Å². The summed E-state index contributed by atoms with van der Waals surface area (Å²) in [5, 5.41) is 0. The van der Waals surface area contributed by atoms with Gasteiger partial charge in [0.15, 0.2) is 0 Å². The number of nitrogen functional groups attached to an aromatic ring is 1. The van der Waals surface area contributed by atoms with Crippen molar-refractivity contribution < 1.29 is 4.74 Å². The van der Waals surface area contributed by atoms with Gasteiger partial charge in [-0.25, -0.2) is 15.8 Å². The van der Waals surface area contributed by atoms with Crippen LogP contribution in [0.1, 0.15) is 52.0 Å². The van der Waals surface area contributed by atoms with Gasteiger partial charge in [0.1, 0.15) is 12.1 Å². The molecule has 0 aromatic carbocycles. The number of unbranched alkanes of at least 4 members (excludes halogenated alkanes) is 1. The van der Waals surface area contributed by atoms with Gasteiger partial charge in [0.25, 0.3) is 0 Å². The lowest BCUT2D eigenvalue weighted by Crippen LogP contribution is -2.16. The van der Waals surface area contributed by atoms with Crippen LogP contribution in [0, 0.1) is 5.92 Å². The Hall–Kier alpha value is -1.36. The minimum atomic E-state index is 0.592. The normalized spacial score (nSPS) is 12.2. The minimum absolute atomic E-state index is 0.592. The van der Waals surface area contributed by atoms with Gasteiger partial charge in [-0.1, -0.05) is 40.0 Å². The van der Waals surface area contributed by atoms with Crippen LogP contribution in [0.15, 0.2) is 6.33 Å². The van der Waals surface area contributed by atoms with Gasteiger partial charge in [0.05, 0.1) is 12.2 Å². The maximum absolute atomic E-state index is 5.87. The van der Waals surface area contributed by atoms with Crippen molar-refractivity contribution in [2.45, 2.75) is 52.9 Å². The van der Waals surface area contributed by atoms with Gasteiger partial charge in [0, 0.05) is 0 Å². The zero-order chi connectivity index (χ0) is 14.1. The van der Waals surface area contributed by atoms with Crippen molar-refractivity contribution in [3.8, 4) is 5.88 Å². The Morgan fingerprint density at radius 2 is 2.11 bits per heavy atom. The molecule has 0 aliphatic carbocycles. The molecule has 1 aromatic rings. The number of ether oxygens (including phenoxy) is 1. The third kappa shape index (κ3) is 4.67. The number of hydrazine groups is 1. The highest BCUT2D eigenvalue weighted by Gasteiger charge is 2.12. The molecule has 1 heterocycles. The summed E-state index contributed by atoms with van der Waals surface area (Å²) in [4.78, 5) is 8.31. The topological polar surface area (TPSA) is 73.1 Å². The molecule has 1 atom stereocenters. The number of hydrogen-bond donors (Lipinski definition) is 2. The summed E-state index contributed by atoms with van der Waals surface area (Å²) >= 11 is 0. The molecule has 0 saturated carbocycles. The lowest BCUT2D eigenvalue weighted by molar-refractivity contribution is 0.224. The van der Waals surface area contributed by atoms with Crippen LogP contribution in [-0.2, 0) is 6.42 Å². The average molecular weight is 266 g/mol. The first-order valence-electron chi connectivity index (χ1n) is 7.19. The van der Waals surface area contributed by atoms with Crippen LogP contribution in [0.2, 0.25) is 0 Å². The van der Waals surface area contributed by atoms with Crippen LogP contribution >= 0.6 is 0 Å². The summed E-state index contributed by atoms with van der Waals surface area (Å²) < 4.78 is 5.87. The van der Waals surface area contributed by atoms with E-state index >= 15 is 0 Å². The average Bonchev–Trinajstić information content (AvgIpc) is 2.46.